The molecule has 2 bridgehead atoms. The SMILES string of the molecule is CC(C)(/C=C(\C#N)C(=O)N1C2CCC1(COC(=O)N[C@@H](Cc1ccc(F)cc1)B(O)O)CC2)N1CCC(F)(F)C1. The van der Waals surface area contributed by atoms with Crippen molar-refractivity contribution < 1.29 is 37.5 Å². The molecular formula is C27H34BF3N4O5. The standard InChI is InChI=1S/C27H34BF3N4O5/c1-25(2,34-12-11-27(30,31)16-34)14-19(15-32)23(36)35-21-7-9-26(35,10-8-21)17-40-24(37)33-22(28(38)39)13-18-3-5-20(29)6-4-18/h3-6,14,21-22,38-39H,7-13,16-17H2,1-2H3,(H,33,37)/b19-14+/t21?,22-,26?/m0/s1. The number of likely N-dealkylation sites (tertiary alicyclic amines) is 1. The van der Waals surface area contributed by atoms with Crippen LogP contribution in [0.2, 0.25) is 0 Å². The highest BCUT2D eigenvalue weighted by Gasteiger charge is 2.55. The lowest BCUT2D eigenvalue weighted by Crippen LogP contribution is -2.52. The number of hydrogen-bond donors (Lipinski definition) is 3. The van der Waals surface area contributed by atoms with Crippen LogP contribution < -0.4 is 5.32 Å². The van der Waals surface area contributed by atoms with Gasteiger partial charge in [0.2, 0.25) is 0 Å². The van der Waals surface area contributed by atoms with Gasteiger partial charge in [0.25, 0.3) is 11.8 Å². The van der Waals surface area contributed by atoms with E-state index in [1.807, 2.05) is 6.07 Å². The quantitative estimate of drug-likeness (QED) is 0.240. The normalized spacial score (nSPS) is 25.0. The monoisotopic (exact) mass is 562 g/mol. The van der Waals surface area contributed by atoms with E-state index in [1.165, 1.54) is 30.3 Å². The number of ether oxygens (including phenoxy) is 1. The van der Waals surface area contributed by atoms with Crippen molar-refractivity contribution in [2.24, 2.45) is 0 Å². The molecule has 3 aliphatic heterocycles. The zero-order valence-corrected chi connectivity index (χ0v) is 22.6. The highest BCUT2D eigenvalue weighted by atomic mass is 19.3. The molecule has 3 heterocycles. The molecule has 2 amide bonds. The number of carbonyl (C=O) groups is 2. The predicted octanol–water partition coefficient (Wildman–Crippen LogP) is 2.57. The smallest absolute Gasteiger partial charge is 0.447 e. The molecule has 3 aliphatic rings. The van der Waals surface area contributed by atoms with Crippen LogP contribution in [0.4, 0.5) is 18.0 Å². The number of amides is 2. The molecule has 0 aromatic heterocycles. The van der Waals surface area contributed by atoms with Crippen molar-refractivity contribution in [3.05, 3.63) is 47.3 Å². The second kappa shape index (κ2) is 11.4. The number of nitrogens with one attached hydrogen (secondary N) is 1. The van der Waals surface area contributed by atoms with Crippen LogP contribution in [0.3, 0.4) is 0 Å². The van der Waals surface area contributed by atoms with Gasteiger partial charge in [-0.1, -0.05) is 12.1 Å². The molecule has 3 saturated heterocycles. The van der Waals surface area contributed by atoms with Gasteiger partial charge in [-0.25, -0.2) is 18.0 Å². The zero-order valence-electron chi connectivity index (χ0n) is 22.6. The summed E-state index contributed by atoms with van der Waals surface area (Å²) in [5, 5.41) is 31.7. The van der Waals surface area contributed by atoms with Crippen LogP contribution in [0.1, 0.15) is 51.5 Å². The largest absolute Gasteiger partial charge is 0.475 e. The van der Waals surface area contributed by atoms with Crippen LogP contribution in [0.25, 0.3) is 0 Å². The summed E-state index contributed by atoms with van der Waals surface area (Å²) in [7, 11) is -1.90. The van der Waals surface area contributed by atoms with Crippen molar-refractivity contribution in [1.82, 2.24) is 15.1 Å². The number of hydrogen-bond acceptors (Lipinski definition) is 7. The lowest BCUT2D eigenvalue weighted by Gasteiger charge is -2.36. The van der Waals surface area contributed by atoms with Gasteiger partial charge in [-0.2, -0.15) is 5.26 Å². The number of alkyl halides is 2. The minimum Gasteiger partial charge on any atom is -0.447 e. The molecule has 13 heteroatoms. The van der Waals surface area contributed by atoms with Crippen molar-refractivity contribution in [3.63, 3.8) is 0 Å². The van der Waals surface area contributed by atoms with Crippen LogP contribution in [0, 0.1) is 17.1 Å². The second-order valence-electron chi connectivity index (χ2n) is 11.6. The van der Waals surface area contributed by atoms with Crippen LogP contribution >= 0.6 is 0 Å². The summed E-state index contributed by atoms with van der Waals surface area (Å²) < 4.78 is 46.3. The number of alkyl carbamates (subject to hydrolysis) is 1. The summed E-state index contributed by atoms with van der Waals surface area (Å²) in [6.45, 7) is 2.92. The average molecular weight is 562 g/mol. The Balaban J connectivity index is 1.42. The molecule has 1 atom stereocenters. The van der Waals surface area contributed by atoms with Gasteiger partial charge in [0.1, 0.15) is 24.1 Å². The Labute approximate surface area is 231 Å². The van der Waals surface area contributed by atoms with Gasteiger partial charge in [0.15, 0.2) is 0 Å². The van der Waals surface area contributed by atoms with Crippen LogP contribution in [-0.2, 0) is 16.0 Å². The Morgan fingerprint density at radius 1 is 1.25 bits per heavy atom. The Morgan fingerprint density at radius 3 is 2.45 bits per heavy atom. The van der Waals surface area contributed by atoms with Crippen molar-refractivity contribution in [2.45, 2.75) is 81.4 Å². The maximum Gasteiger partial charge on any atom is 0.475 e. The lowest BCUT2D eigenvalue weighted by atomic mass is 9.76. The number of rotatable bonds is 9. The first-order chi connectivity index (χ1) is 18.7. The summed E-state index contributed by atoms with van der Waals surface area (Å²) in [6.07, 6.45) is 2.70. The van der Waals surface area contributed by atoms with Crippen molar-refractivity contribution in [3.8, 4) is 6.07 Å². The number of benzene rings is 1. The fraction of sp³-hybridized carbons (Fsp3) is 0.593. The lowest BCUT2D eigenvalue weighted by molar-refractivity contribution is -0.132. The van der Waals surface area contributed by atoms with Crippen molar-refractivity contribution in [2.75, 3.05) is 19.7 Å². The summed E-state index contributed by atoms with van der Waals surface area (Å²) >= 11 is 0. The molecule has 0 saturated carbocycles. The molecule has 9 nitrogen and oxygen atoms in total. The first-order valence-corrected chi connectivity index (χ1v) is 13.4. The Hall–Kier alpha value is -3.08. The van der Waals surface area contributed by atoms with Crippen LogP contribution in [0.15, 0.2) is 35.9 Å². The van der Waals surface area contributed by atoms with E-state index in [-0.39, 0.29) is 37.6 Å². The third-order valence-corrected chi connectivity index (χ3v) is 8.32. The first-order valence-electron chi connectivity index (χ1n) is 13.4. The number of nitriles is 1. The molecule has 216 valence electrons. The molecule has 1 aromatic carbocycles. The maximum atomic E-state index is 13.8. The topological polar surface area (TPSA) is 126 Å². The van der Waals surface area contributed by atoms with Crippen molar-refractivity contribution >= 4 is 19.1 Å². The molecule has 0 unspecified atom stereocenters. The van der Waals surface area contributed by atoms with Gasteiger partial charge >= 0.3 is 13.2 Å². The molecule has 1 aromatic rings. The molecule has 0 aliphatic carbocycles. The van der Waals surface area contributed by atoms with Crippen LogP contribution in [0.5, 0.6) is 0 Å². The first kappa shape index (κ1) is 29.9. The van der Waals surface area contributed by atoms with E-state index in [9.17, 15) is 38.1 Å². The highest BCUT2D eigenvalue weighted by Crippen LogP contribution is 2.47. The number of carbonyl (C=O) groups excluding carboxylic acids is 2. The number of halogens is 3. The van der Waals surface area contributed by atoms with E-state index in [0.717, 1.165) is 0 Å². The second-order valence-corrected chi connectivity index (χ2v) is 11.6. The molecule has 3 N–H and O–H groups in total. The summed E-state index contributed by atoms with van der Waals surface area (Å²) in [4.78, 5) is 29.4. The van der Waals surface area contributed by atoms with E-state index in [0.29, 0.717) is 31.2 Å². The highest BCUT2D eigenvalue weighted by molar-refractivity contribution is 6.43. The third-order valence-electron chi connectivity index (χ3n) is 8.32. The van der Waals surface area contributed by atoms with Gasteiger partial charge in [0.05, 0.1) is 18.0 Å². The van der Waals surface area contributed by atoms with Gasteiger partial charge in [-0.05, 0) is 69.7 Å². The van der Waals surface area contributed by atoms with Gasteiger partial charge < -0.3 is 25.0 Å². The third kappa shape index (κ3) is 6.45. The fourth-order valence-electron chi connectivity index (χ4n) is 6.06. The van der Waals surface area contributed by atoms with Gasteiger partial charge in [-0.15, -0.1) is 0 Å². The van der Waals surface area contributed by atoms with Crippen molar-refractivity contribution in [1.29, 1.82) is 5.26 Å². The Bertz CT molecular complexity index is 1180. The molecule has 40 heavy (non-hydrogen) atoms. The minimum absolute atomic E-state index is 0.0138. The molecule has 0 radical (unpaired) electrons. The minimum atomic E-state index is -2.82. The van der Waals surface area contributed by atoms with E-state index in [4.69, 9.17) is 4.74 Å². The maximum absolute atomic E-state index is 13.8. The van der Waals surface area contributed by atoms with E-state index >= 15 is 0 Å². The summed E-state index contributed by atoms with van der Waals surface area (Å²) in [5.74, 6) is -4.91. The Morgan fingerprint density at radius 2 is 1.90 bits per heavy atom. The van der Waals surface area contributed by atoms with E-state index in [1.54, 1.807) is 23.6 Å². The summed E-state index contributed by atoms with van der Waals surface area (Å²) in [5.41, 5.74) is -1.36. The van der Waals surface area contributed by atoms with E-state index in [2.05, 4.69) is 5.32 Å². The van der Waals surface area contributed by atoms with E-state index < -0.39 is 54.4 Å². The fourth-order valence-corrected chi connectivity index (χ4v) is 6.06. The molecule has 0 spiro atoms. The molecule has 4 rings (SSSR count). The predicted molar refractivity (Wildman–Crippen MR) is 139 cm³/mol. The van der Waals surface area contributed by atoms with Gasteiger partial charge in [0, 0.05) is 24.5 Å². The zero-order chi connectivity index (χ0) is 29.3. The Kier molecular flexibility index (Phi) is 8.54. The molecular weight excluding hydrogens is 528 g/mol. The van der Waals surface area contributed by atoms with Crippen LogP contribution in [-0.4, -0.2) is 87.6 Å². The average Bonchev–Trinajstić information content (AvgIpc) is 3.57. The molecule has 3 fully saturated rings. The van der Waals surface area contributed by atoms with Gasteiger partial charge in [-0.3, -0.25) is 9.69 Å². The number of nitrogens with zero attached hydrogens (tertiary/aromatic N) is 3. The summed E-state index contributed by atoms with van der Waals surface area (Å²) in [6, 6.07) is 7.19. The number of fused-ring (bicyclic) bond motifs is 2.